The molecule has 1 aliphatic rings. The zero-order chi connectivity index (χ0) is 10.9. The van der Waals surface area contributed by atoms with E-state index in [4.69, 9.17) is 0 Å². The predicted octanol–water partition coefficient (Wildman–Crippen LogP) is 3.20. The summed E-state index contributed by atoms with van der Waals surface area (Å²) in [5, 5.41) is 3.59. The van der Waals surface area contributed by atoms with E-state index in [0.717, 1.165) is 24.8 Å². The third-order valence-corrected chi connectivity index (χ3v) is 3.26. The smallest absolute Gasteiger partial charge is 0.123 e. The first-order valence-corrected chi connectivity index (χ1v) is 5.70. The van der Waals surface area contributed by atoms with E-state index in [0.29, 0.717) is 6.04 Å². The monoisotopic (exact) mass is 207 g/mol. The Labute approximate surface area is 90.7 Å². The average molecular weight is 207 g/mol. The van der Waals surface area contributed by atoms with Gasteiger partial charge < -0.3 is 5.32 Å². The van der Waals surface area contributed by atoms with Crippen LogP contribution in [0.1, 0.15) is 38.7 Å². The molecule has 0 bridgehead atoms. The van der Waals surface area contributed by atoms with Crippen molar-refractivity contribution in [3.05, 3.63) is 35.6 Å². The van der Waals surface area contributed by atoms with Crippen molar-refractivity contribution in [2.75, 3.05) is 0 Å². The molecule has 0 amide bonds. The van der Waals surface area contributed by atoms with Gasteiger partial charge >= 0.3 is 0 Å². The van der Waals surface area contributed by atoms with Gasteiger partial charge in [-0.25, -0.2) is 4.39 Å². The SMILES string of the molecule is CCC(C)NC1(c2cccc(F)c2)CC1. The second kappa shape index (κ2) is 3.93. The Morgan fingerprint density at radius 1 is 1.47 bits per heavy atom. The van der Waals surface area contributed by atoms with E-state index in [-0.39, 0.29) is 11.4 Å². The van der Waals surface area contributed by atoms with Gasteiger partial charge in [0.05, 0.1) is 0 Å². The average Bonchev–Trinajstić information content (AvgIpc) is 2.99. The van der Waals surface area contributed by atoms with Gasteiger partial charge in [-0.05, 0) is 43.9 Å². The Balaban J connectivity index is 2.16. The normalized spacial score (nSPS) is 19.9. The molecule has 1 unspecified atom stereocenters. The minimum absolute atomic E-state index is 0.0670. The minimum Gasteiger partial charge on any atom is -0.305 e. The lowest BCUT2D eigenvalue weighted by molar-refractivity contribution is 0.429. The molecule has 1 aliphatic carbocycles. The summed E-state index contributed by atoms with van der Waals surface area (Å²) in [7, 11) is 0. The molecule has 1 saturated carbocycles. The lowest BCUT2D eigenvalue weighted by Gasteiger charge is -2.22. The van der Waals surface area contributed by atoms with Crippen LogP contribution in [-0.4, -0.2) is 6.04 Å². The zero-order valence-electron chi connectivity index (χ0n) is 9.39. The molecule has 1 fully saturated rings. The molecule has 82 valence electrons. The topological polar surface area (TPSA) is 12.0 Å². The van der Waals surface area contributed by atoms with E-state index in [9.17, 15) is 4.39 Å². The lowest BCUT2D eigenvalue weighted by atomic mass is 10.0. The zero-order valence-corrected chi connectivity index (χ0v) is 9.39. The fourth-order valence-corrected chi connectivity index (χ4v) is 2.00. The minimum atomic E-state index is -0.135. The summed E-state index contributed by atoms with van der Waals surface area (Å²) < 4.78 is 13.1. The van der Waals surface area contributed by atoms with Gasteiger partial charge in [0.15, 0.2) is 0 Å². The highest BCUT2D eigenvalue weighted by Gasteiger charge is 2.44. The fourth-order valence-electron chi connectivity index (χ4n) is 2.00. The van der Waals surface area contributed by atoms with Crippen molar-refractivity contribution < 1.29 is 4.39 Å². The van der Waals surface area contributed by atoms with Crippen LogP contribution in [0.4, 0.5) is 4.39 Å². The Morgan fingerprint density at radius 3 is 2.73 bits per heavy atom. The van der Waals surface area contributed by atoms with Gasteiger partial charge in [0, 0.05) is 11.6 Å². The van der Waals surface area contributed by atoms with Gasteiger partial charge in [-0.1, -0.05) is 19.1 Å². The number of nitrogens with one attached hydrogen (secondary N) is 1. The second-order valence-corrected chi connectivity index (χ2v) is 4.55. The van der Waals surface area contributed by atoms with Crippen molar-refractivity contribution >= 4 is 0 Å². The molecular formula is C13H18FN. The maximum Gasteiger partial charge on any atom is 0.123 e. The van der Waals surface area contributed by atoms with Crippen LogP contribution in [0.25, 0.3) is 0 Å². The second-order valence-electron chi connectivity index (χ2n) is 4.55. The molecule has 0 radical (unpaired) electrons. The van der Waals surface area contributed by atoms with Crippen LogP contribution in [0.15, 0.2) is 24.3 Å². The van der Waals surface area contributed by atoms with Crippen molar-refractivity contribution in [3.63, 3.8) is 0 Å². The fraction of sp³-hybridized carbons (Fsp3) is 0.538. The van der Waals surface area contributed by atoms with Crippen LogP contribution in [0.3, 0.4) is 0 Å². The summed E-state index contributed by atoms with van der Waals surface area (Å²) in [4.78, 5) is 0. The molecule has 2 rings (SSSR count). The standard InChI is InChI=1S/C13H18FN/c1-3-10(2)15-13(7-8-13)11-5-4-6-12(14)9-11/h4-6,9-10,15H,3,7-8H2,1-2H3. The van der Waals surface area contributed by atoms with Gasteiger partial charge in [-0.2, -0.15) is 0 Å². The maximum atomic E-state index is 13.1. The molecule has 1 N–H and O–H groups in total. The molecule has 2 heteroatoms. The van der Waals surface area contributed by atoms with E-state index in [1.54, 1.807) is 12.1 Å². The van der Waals surface area contributed by atoms with Crippen molar-refractivity contribution in [2.24, 2.45) is 0 Å². The number of hydrogen-bond donors (Lipinski definition) is 1. The van der Waals surface area contributed by atoms with E-state index in [1.807, 2.05) is 6.07 Å². The summed E-state index contributed by atoms with van der Waals surface area (Å²) in [5.74, 6) is -0.135. The Kier molecular flexibility index (Phi) is 2.79. The van der Waals surface area contributed by atoms with Crippen LogP contribution in [0.5, 0.6) is 0 Å². The van der Waals surface area contributed by atoms with Crippen LogP contribution < -0.4 is 5.32 Å². The van der Waals surface area contributed by atoms with Gasteiger partial charge in [-0.15, -0.1) is 0 Å². The molecule has 1 aromatic carbocycles. The van der Waals surface area contributed by atoms with Crippen molar-refractivity contribution in [2.45, 2.75) is 44.7 Å². The Hall–Kier alpha value is -0.890. The maximum absolute atomic E-state index is 13.1. The molecule has 1 atom stereocenters. The van der Waals surface area contributed by atoms with Crippen molar-refractivity contribution in [3.8, 4) is 0 Å². The summed E-state index contributed by atoms with van der Waals surface area (Å²) in [6.07, 6.45) is 3.36. The molecule has 1 aromatic rings. The van der Waals surface area contributed by atoms with Crippen LogP contribution in [0, 0.1) is 5.82 Å². The molecule has 0 aliphatic heterocycles. The van der Waals surface area contributed by atoms with E-state index >= 15 is 0 Å². The number of hydrogen-bond acceptors (Lipinski definition) is 1. The molecule has 0 aromatic heterocycles. The van der Waals surface area contributed by atoms with Crippen molar-refractivity contribution in [1.82, 2.24) is 5.32 Å². The van der Waals surface area contributed by atoms with Crippen molar-refractivity contribution in [1.29, 1.82) is 0 Å². The van der Waals surface area contributed by atoms with Gasteiger partial charge in [0.2, 0.25) is 0 Å². The number of rotatable bonds is 4. The first kappa shape index (κ1) is 10.6. The Bertz CT molecular complexity index is 344. The predicted molar refractivity (Wildman–Crippen MR) is 60.2 cm³/mol. The first-order valence-electron chi connectivity index (χ1n) is 5.70. The quantitative estimate of drug-likeness (QED) is 0.799. The highest BCUT2D eigenvalue weighted by atomic mass is 19.1. The number of benzene rings is 1. The third kappa shape index (κ3) is 2.20. The highest BCUT2D eigenvalue weighted by Crippen LogP contribution is 2.46. The first-order chi connectivity index (χ1) is 7.16. The molecular weight excluding hydrogens is 189 g/mol. The molecule has 1 nitrogen and oxygen atoms in total. The third-order valence-electron chi connectivity index (χ3n) is 3.26. The van der Waals surface area contributed by atoms with Crippen LogP contribution in [-0.2, 0) is 5.54 Å². The van der Waals surface area contributed by atoms with E-state index < -0.39 is 0 Å². The summed E-state index contributed by atoms with van der Waals surface area (Å²) in [6.45, 7) is 4.35. The summed E-state index contributed by atoms with van der Waals surface area (Å²) in [6, 6.07) is 7.47. The van der Waals surface area contributed by atoms with Gasteiger partial charge in [0.1, 0.15) is 5.82 Å². The number of halogens is 1. The molecule has 15 heavy (non-hydrogen) atoms. The van der Waals surface area contributed by atoms with E-state index in [2.05, 4.69) is 19.2 Å². The Morgan fingerprint density at radius 2 is 2.20 bits per heavy atom. The summed E-state index contributed by atoms with van der Waals surface area (Å²) >= 11 is 0. The molecule has 0 heterocycles. The molecule has 0 saturated heterocycles. The van der Waals surface area contributed by atoms with E-state index in [1.165, 1.54) is 6.07 Å². The lowest BCUT2D eigenvalue weighted by Crippen LogP contribution is -2.36. The molecule has 0 spiro atoms. The van der Waals surface area contributed by atoms with Gasteiger partial charge in [-0.3, -0.25) is 0 Å². The van der Waals surface area contributed by atoms with Crippen LogP contribution >= 0.6 is 0 Å². The van der Waals surface area contributed by atoms with Gasteiger partial charge in [0.25, 0.3) is 0 Å². The summed E-state index contributed by atoms with van der Waals surface area (Å²) in [5.41, 5.74) is 1.17. The highest BCUT2D eigenvalue weighted by molar-refractivity contribution is 5.30. The van der Waals surface area contributed by atoms with Crippen LogP contribution in [0.2, 0.25) is 0 Å². The largest absolute Gasteiger partial charge is 0.305 e.